The van der Waals surface area contributed by atoms with Crippen molar-refractivity contribution < 1.29 is 19.1 Å². The summed E-state index contributed by atoms with van der Waals surface area (Å²) in [6.45, 7) is 8.42. The van der Waals surface area contributed by atoms with Gasteiger partial charge in [-0.05, 0) is 89.9 Å². The Kier molecular flexibility index (Phi) is 11.5. The van der Waals surface area contributed by atoms with Gasteiger partial charge in [0.25, 0.3) is 11.8 Å². The van der Waals surface area contributed by atoms with Crippen molar-refractivity contribution in [2.45, 2.75) is 52.4 Å². The van der Waals surface area contributed by atoms with Crippen molar-refractivity contribution in [3.63, 3.8) is 0 Å². The van der Waals surface area contributed by atoms with Gasteiger partial charge in [-0.3, -0.25) is 9.59 Å². The lowest BCUT2D eigenvalue weighted by atomic mass is 9.98. The summed E-state index contributed by atoms with van der Waals surface area (Å²) in [5, 5.41) is 5.78. The van der Waals surface area contributed by atoms with E-state index in [-0.39, 0.29) is 25.0 Å². The van der Waals surface area contributed by atoms with Crippen LogP contribution in [0.2, 0.25) is 0 Å². The molecule has 0 aliphatic carbocycles. The van der Waals surface area contributed by atoms with Crippen LogP contribution in [0.25, 0.3) is 22.5 Å². The molecule has 0 radical (unpaired) electrons. The minimum atomic E-state index is -0.232. The lowest BCUT2D eigenvalue weighted by Gasteiger charge is -2.15. The first-order valence-corrected chi connectivity index (χ1v) is 16.4. The van der Waals surface area contributed by atoms with Gasteiger partial charge in [-0.1, -0.05) is 76.2 Å². The number of anilines is 2. The Morgan fingerprint density at radius 3 is 1.44 bits per heavy atom. The van der Waals surface area contributed by atoms with Crippen LogP contribution in [-0.4, -0.2) is 35.0 Å². The van der Waals surface area contributed by atoms with Crippen LogP contribution in [-0.2, 0) is 9.59 Å². The summed E-state index contributed by atoms with van der Waals surface area (Å²) < 4.78 is 11.7. The number of carbonyl (C=O) groups excluding carboxylic acids is 2. The molecule has 0 saturated carbocycles. The highest BCUT2D eigenvalue weighted by Gasteiger charge is 2.13. The molecule has 48 heavy (non-hydrogen) atoms. The molecule has 5 rings (SSSR count). The van der Waals surface area contributed by atoms with E-state index in [1.54, 1.807) is 12.4 Å². The van der Waals surface area contributed by atoms with E-state index >= 15 is 0 Å². The maximum Gasteiger partial charge on any atom is 0.262 e. The van der Waals surface area contributed by atoms with E-state index in [2.05, 4.69) is 48.3 Å². The number of nitrogens with zero attached hydrogens (tertiary/aromatic N) is 2. The van der Waals surface area contributed by atoms with Crippen molar-refractivity contribution in [3.05, 3.63) is 121 Å². The molecule has 8 heteroatoms. The summed E-state index contributed by atoms with van der Waals surface area (Å²) in [5.41, 5.74) is 6.14. The zero-order valence-corrected chi connectivity index (χ0v) is 27.9. The molecule has 2 amide bonds. The van der Waals surface area contributed by atoms with Crippen LogP contribution < -0.4 is 20.1 Å². The van der Waals surface area contributed by atoms with E-state index in [1.807, 2.05) is 97.1 Å². The highest BCUT2D eigenvalue weighted by Crippen LogP contribution is 2.30. The molecule has 0 spiro atoms. The van der Waals surface area contributed by atoms with Crippen molar-refractivity contribution in [3.8, 4) is 34.0 Å². The zero-order valence-electron chi connectivity index (χ0n) is 27.9. The van der Waals surface area contributed by atoms with Gasteiger partial charge in [0.2, 0.25) is 0 Å². The van der Waals surface area contributed by atoms with Gasteiger partial charge in [0.15, 0.2) is 19.0 Å². The standard InChI is InChI=1S/C40H42N4O4/c1-5-27(3)34-11-7-9-13-36(34)47-25-38(45)43-32-19-15-29(16-20-32)31-23-41-40(42-24-31)30-17-21-33(22-18-30)44-39(46)26-48-37-14-10-8-12-35(37)28(4)6-2/h7-24,27-28H,5-6,25-26H2,1-4H3,(H,43,45)(H,44,46)/t27-,28-/m1/s1. The molecule has 0 aliphatic heterocycles. The second-order valence-electron chi connectivity index (χ2n) is 11.8. The van der Waals surface area contributed by atoms with Gasteiger partial charge in [-0.15, -0.1) is 0 Å². The average Bonchev–Trinajstić information content (AvgIpc) is 3.13. The SMILES string of the molecule is CC[C@@H](C)c1ccccc1OCC(=O)Nc1ccc(-c2cnc(-c3ccc(NC(=O)COc4ccccc4[C@H](C)CC)cc3)nc2)cc1. The van der Waals surface area contributed by atoms with Crippen LogP contribution in [0, 0.1) is 0 Å². The Labute approximate surface area is 282 Å². The van der Waals surface area contributed by atoms with Gasteiger partial charge in [0, 0.05) is 34.9 Å². The molecule has 2 N–H and O–H groups in total. The Morgan fingerprint density at radius 2 is 1.00 bits per heavy atom. The molecule has 1 heterocycles. The van der Waals surface area contributed by atoms with E-state index in [0.29, 0.717) is 29.0 Å². The van der Waals surface area contributed by atoms with E-state index in [0.717, 1.165) is 52.2 Å². The number of nitrogens with one attached hydrogen (secondary N) is 2. The van der Waals surface area contributed by atoms with Crippen molar-refractivity contribution in [1.82, 2.24) is 9.97 Å². The third-order valence-electron chi connectivity index (χ3n) is 8.42. The topological polar surface area (TPSA) is 102 Å². The van der Waals surface area contributed by atoms with Crippen molar-refractivity contribution in [2.24, 2.45) is 0 Å². The smallest absolute Gasteiger partial charge is 0.262 e. The Bertz CT molecular complexity index is 1670. The minimum absolute atomic E-state index is 0.0696. The number of aromatic nitrogens is 2. The van der Waals surface area contributed by atoms with Gasteiger partial charge in [0.1, 0.15) is 11.5 Å². The first kappa shape index (κ1) is 33.9. The van der Waals surface area contributed by atoms with Crippen molar-refractivity contribution >= 4 is 23.2 Å². The Balaban J connectivity index is 1.12. The Morgan fingerprint density at radius 1 is 0.583 bits per heavy atom. The second kappa shape index (κ2) is 16.4. The number of hydrogen-bond acceptors (Lipinski definition) is 6. The number of rotatable bonds is 14. The van der Waals surface area contributed by atoms with Crippen LogP contribution in [0.5, 0.6) is 11.5 Å². The normalized spacial score (nSPS) is 12.1. The van der Waals surface area contributed by atoms with E-state index < -0.39 is 0 Å². The summed E-state index contributed by atoms with van der Waals surface area (Å²) >= 11 is 0. The third-order valence-corrected chi connectivity index (χ3v) is 8.42. The zero-order chi connectivity index (χ0) is 33.9. The van der Waals surface area contributed by atoms with Gasteiger partial charge in [-0.2, -0.15) is 0 Å². The molecule has 0 bridgehead atoms. The number of ether oxygens (including phenoxy) is 2. The third kappa shape index (κ3) is 8.85. The Hall–Kier alpha value is -5.50. The van der Waals surface area contributed by atoms with E-state index in [4.69, 9.17) is 9.47 Å². The predicted octanol–water partition coefficient (Wildman–Crippen LogP) is 8.87. The molecule has 1 aromatic heterocycles. The largest absolute Gasteiger partial charge is 0.483 e. The van der Waals surface area contributed by atoms with Gasteiger partial charge in [-0.25, -0.2) is 9.97 Å². The maximum absolute atomic E-state index is 12.6. The van der Waals surface area contributed by atoms with Gasteiger partial charge >= 0.3 is 0 Å². The molecule has 5 aromatic rings. The fourth-order valence-electron chi connectivity index (χ4n) is 5.23. The van der Waals surface area contributed by atoms with E-state index in [9.17, 15) is 9.59 Å². The van der Waals surface area contributed by atoms with E-state index in [1.165, 1.54) is 0 Å². The first-order valence-electron chi connectivity index (χ1n) is 16.4. The molecule has 4 aromatic carbocycles. The number of carbonyl (C=O) groups is 2. The predicted molar refractivity (Wildman–Crippen MR) is 191 cm³/mol. The number of benzene rings is 4. The van der Waals surface area contributed by atoms with Crippen LogP contribution in [0.3, 0.4) is 0 Å². The minimum Gasteiger partial charge on any atom is -0.483 e. The molecular formula is C40H42N4O4. The molecule has 2 atom stereocenters. The summed E-state index contributed by atoms with van der Waals surface area (Å²) in [4.78, 5) is 34.3. The fraction of sp³-hybridized carbons (Fsp3) is 0.250. The summed E-state index contributed by atoms with van der Waals surface area (Å²) in [6, 6.07) is 30.6. The molecule has 0 fully saturated rings. The highest BCUT2D eigenvalue weighted by molar-refractivity contribution is 5.92. The van der Waals surface area contributed by atoms with Crippen LogP contribution in [0.4, 0.5) is 11.4 Å². The molecular weight excluding hydrogens is 600 g/mol. The average molecular weight is 643 g/mol. The maximum atomic E-state index is 12.6. The molecule has 246 valence electrons. The van der Waals surface area contributed by atoms with Crippen LogP contribution in [0.1, 0.15) is 63.5 Å². The second-order valence-corrected chi connectivity index (χ2v) is 11.8. The lowest BCUT2D eigenvalue weighted by molar-refractivity contribution is -0.118. The lowest BCUT2D eigenvalue weighted by Crippen LogP contribution is -2.20. The molecule has 0 saturated heterocycles. The van der Waals surface area contributed by atoms with Crippen molar-refractivity contribution in [1.29, 1.82) is 0 Å². The molecule has 0 unspecified atom stereocenters. The summed E-state index contributed by atoms with van der Waals surface area (Å²) in [6.07, 6.45) is 5.52. The number of para-hydroxylation sites is 2. The monoisotopic (exact) mass is 642 g/mol. The quantitative estimate of drug-likeness (QED) is 0.125. The van der Waals surface area contributed by atoms with Crippen molar-refractivity contribution in [2.75, 3.05) is 23.8 Å². The van der Waals surface area contributed by atoms with Crippen LogP contribution in [0.15, 0.2) is 109 Å². The highest BCUT2D eigenvalue weighted by atomic mass is 16.5. The first-order chi connectivity index (χ1) is 23.3. The number of amides is 2. The van der Waals surface area contributed by atoms with Gasteiger partial charge in [0.05, 0.1) is 0 Å². The molecule has 0 aliphatic rings. The number of hydrogen-bond donors (Lipinski definition) is 2. The fourth-order valence-corrected chi connectivity index (χ4v) is 5.23. The van der Waals surface area contributed by atoms with Gasteiger partial charge < -0.3 is 20.1 Å². The molecule has 8 nitrogen and oxygen atoms in total. The summed E-state index contributed by atoms with van der Waals surface area (Å²) in [7, 11) is 0. The summed E-state index contributed by atoms with van der Waals surface area (Å²) in [5.74, 6) is 2.29. The van der Waals surface area contributed by atoms with Crippen LogP contribution >= 0.6 is 0 Å².